The van der Waals surface area contributed by atoms with Crippen molar-refractivity contribution in [3.8, 4) is 11.4 Å². The van der Waals surface area contributed by atoms with E-state index in [-0.39, 0.29) is 5.54 Å². The lowest BCUT2D eigenvalue weighted by Crippen LogP contribution is -2.17. The van der Waals surface area contributed by atoms with Crippen molar-refractivity contribution in [3.05, 3.63) is 30.9 Å². The molecule has 0 aliphatic heterocycles. The van der Waals surface area contributed by atoms with Gasteiger partial charge in [-0.1, -0.05) is 0 Å². The van der Waals surface area contributed by atoms with Crippen LogP contribution in [0.15, 0.2) is 30.9 Å². The van der Waals surface area contributed by atoms with Crippen molar-refractivity contribution in [2.45, 2.75) is 25.3 Å². The maximum atomic E-state index is 4.71. The van der Waals surface area contributed by atoms with E-state index in [1.54, 1.807) is 23.3 Å². The number of nitrogens with one attached hydrogen (secondary N) is 1. The maximum Gasteiger partial charge on any atom is 0.165 e. The molecule has 0 atom stereocenters. The van der Waals surface area contributed by atoms with Crippen LogP contribution in [0.3, 0.4) is 0 Å². The van der Waals surface area contributed by atoms with E-state index < -0.39 is 0 Å². The largest absolute Gasteiger partial charge is 0.364 e. The Bertz CT molecular complexity index is 818. The van der Waals surface area contributed by atoms with Crippen molar-refractivity contribution in [1.29, 1.82) is 0 Å². The van der Waals surface area contributed by atoms with E-state index in [4.69, 9.17) is 4.98 Å². The number of aromatic nitrogens is 5. The summed E-state index contributed by atoms with van der Waals surface area (Å²) in [6.07, 6.45) is 9.59. The lowest BCUT2D eigenvalue weighted by Gasteiger charge is -2.14. The Morgan fingerprint density at radius 2 is 2.10 bits per heavy atom. The minimum atomic E-state index is 0.163. The van der Waals surface area contributed by atoms with E-state index in [2.05, 4.69) is 27.3 Å². The van der Waals surface area contributed by atoms with Gasteiger partial charge in [-0.2, -0.15) is 5.10 Å². The molecular weight excluding hydrogens is 264 g/mol. The van der Waals surface area contributed by atoms with Gasteiger partial charge < -0.3 is 5.32 Å². The van der Waals surface area contributed by atoms with Crippen LogP contribution >= 0.6 is 0 Å². The summed E-state index contributed by atoms with van der Waals surface area (Å²) in [5, 5.41) is 8.74. The second kappa shape index (κ2) is 4.25. The normalized spacial score (nSPS) is 16.1. The number of pyridine rings is 1. The van der Waals surface area contributed by atoms with Crippen molar-refractivity contribution < 1.29 is 0 Å². The van der Waals surface area contributed by atoms with E-state index >= 15 is 0 Å². The first-order valence-electron chi connectivity index (χ1n) is 7.02. The zero-order valence-electron chi connectivity index (χ0n) is 12.0. The fraction of sp³-hybridized carbons (Fsp3) is 0.333. The average molecular weight is 280 g/mol. The molecule has 6 heteroatoms. The molecule has 3 aromatic rings. The van der Waals surface area contributed by atoms with Crippen molar-refractivity contribution in [3.63, 3.8) is 0 Å². The van der Waals surface area contributed by atoms with Crippen LogP contribution in [0.5, 0.6) is 0 Å². The van der Waals surface area contributed by atoms with Gasteiger partial charge in [-0.25, -0.2) is 9.97 Å². The molecule has 1 saturated carbocycles. The molecule has 0 saturated heterocycles. The van der Waals surface area contributed by atoms with Gasteiger partial charge in [-0.3, -0.25) is 9.67 Å². The van der Waals surface area contributed by atoms with Crippen LogP contribution < -0.4 is 5.32 Å². The third-order valence-electron chi connectivity index (χ3n) is 3.88. The predicted molar refractivity (Wildman–Crippen MR) is 80.8 cm³/mol. The Morgan fingerprint density at radius 3 is 2.81 bits per heavy atom. The van der Waals surface area contributed by atoms with Gasteiger partial charge in [0.1, 0.15) is 5.82 Å². The number of aryl methyl sites for hydroxylation is 1. The van der Waals surface area contributed by atoms with Crippen LogP contribution in [0.25, 0.3) is 22.3 Å². The SMILES string of the molecule is Cn1cc(-c2nc(NC3(C)CC3)c3ccncc3n2)cn1. The summed E-state index contributed by atoms with van der Waals surface area (Å²) in [6.45, 7) is 2.21. The van der Waals surface area contributed by atoms with E-state index in [0.717, 1.165) is 22.3 Å². The number of nitrogens with zero attached hydrogens (tertiary/aromatic N) is 5. The van der Waals surface area contributed by atoms with Gasteiger partial charge in [-0.05, 0) is 25.8 Å². The number of rotatable bonds is 3. The molecule has 21 heavy (non-hydrogen) atoms. The topological polar surface area (TPSA) is 68.5 Å². The van der Waals surface area contributed by atoms with Gasteiger partial charge in [0.05, 0.1) is 23.5 Å². The highest BCUT2D eigenvalue weighted by atomic mass is 15.2. The molecule has 1 fully saturated rings. The van der Waals surface area contributed by atoms with Crippen molar-refractivity contribution in [1.82, 2.24) is 24.7 Å². The zero-order valence-corrected chi connectivity index (χ0v) is 12.0. The number of fused-ring (bicyclic) bond motifs is 1. The number of hydrogen-bond acceptors (Lipinski definition) is 5. The smallest absolute Gasteiger partial charge is 0.165 e. The van der Waals surface area contributed by atoms with Crippen LogP contribution in [-0.2, 0) is 7.05 Å². The van der Waals surface area contributed by atoms with Gasteiger partial charge >= 0.3 is 0 Å². The second-order valence-electron chi connectivity index (χ2n) is 5.88. The van der Waals surface area contributed by atoms with Gasteiger partial charge in [0.2, 0.25) is 0 Å². The van der Waals surface area contributed by atoms with Gasteiger partial charge in [-0.15, -0.1) is 0 Å². The molecule has 0 spiro atoms. The highest BCUT2D eigenvalue weighted by molar-refractivity contribution is 5.90. The monoisotopic (exact) mass is 280 g/mol. The standard InChI is InChI=1S/C15H16N6/c1-15(4-5-15)20-14-11-3-6-16-8-12(11)18-13(19-14)10-7-17-21(2)9-10/h3,6-9H,4-5H2,1-2H3,(H,18,19,20). The number of anilines is 1. The minimum absolute atomic E-state index is 0.163. The first-order chi connectivity index (χ1) is 10.1. The second-order valence-corrected chi connectivity index (χ2v) is 5.88. The summed E-state index contributed by atoms with van der Waals surface area (Å²) >= 11 is 0. The maximum absolute atomic E-state index is 4.71. The Morgan fingerprint density at radius 1 is 1.24 bits per heavy atom. The lowest BCUT2D eigenvalue weighted by molar-refractivity contribution is 0.768. The lowest BCUT2D eigenvalue weighted by atomic mass is 10.2. The highest BCUT2D eigenvalue weighted by Crippen LogP contribution is 2.39. The molecule has 0 bridgehead atoms. The van der Waals surface area contributed by atoms with Crippen molar-refractivity contribution in [2.24, 2.45) is 7.05 Å². The van der Waals surface area contributed by atoms with E-state index in [1.807, 2.05) is 19.3 Å². The first kappa shape index (κ1) is 12.3. The fourth-order valence-corrected chi connectivity index (χ4v) is 2.34. The summed E-state index contributed by atoms with van der Waals surface area (Å²) < 4.78 is 1.75. The molecule has 0 amide bonds. The average Bonchev–Trinajstić information content (AvgIpc) is 3.04. The Hall–Kier alpha value is -2.50. The van der Waals surface area contributed by atoms with E-state index in [1.165, 1.54) is 12.8 Å². The highest BCUT2D eigenvalue weighted by Gasteiger charge is 2.37. The van der Waals surface area contributed by atoms with Gasteiger partial charge in [0, 0.05) is 30.4 Å². The summed E-state index contributed by atoms with van der Waals surface area (Å²) in [5.74, 6) is 1.55. The molecule has 1 aliphatic rings. The summed E-state index contributed by atoms with van der Waals surface area (Å²) in [7, 11) is 1.89. The molecule has 0 aromatic carbocycles. The molecule has 0 unspecified atom stereocenters. The van der Waals surface area contributed by atoms with Crippen molar-refractivity contribution in [2.75, 3.05) is 5.32 Å². The molecule has 6 nitrogen and oxygen atoms in total. The van der Waals surface area contributed by atoms with Crippen LogP contribution in [0.2, 0.25) is 0 Å². The number of hydrogen-bond donors (Lipinski definition) is 1. The fourth-order valence-electron chi connectivity index (χ4n) is 2.34. The summed E-state index contributed by atoms with van der Waals surface area (Å²) in [6, 6.07) is 1.95. The predicted octanol–water partition coefficient (Wildman–Crippen LogP) is 2.39. The minimum Gasteiger partial charge on any atom is -0.364 e. The molecule has 1 N–H and O–H groups in total. The first-order valence-corrected chi connectivity index (χ1v) is 7.02. The third kappa shape index (κ3) is 2.22. The molecule has 3 heterocycles. The van der Waals surface area contributed by atoms with Crippen LogP contribution in [0, 0.1) is 0 Å². The van der Waals surface area contributed by atoms with Crippen LogP contribution in [0.4, 0.5) is 5.82 Å². The molecule has 3 aromatic heterocycles. The van der Waals surface area contributed by atoms with Gasteiger partial charge in [0.25, 0.3) is 0 Å². The van der Waals surface area contributed by atoms with Crippen LogP contribution in [-0.4, -0.2) is 30.3 Å². The summed E-state index contributed by atoms with van der Waals surface area (Å²) in [4.78, 5) is 13.5. The third-order valence-corrected chi connectivity index (χ3v) is 3.88. The molecule has 106 valence electrons. The van der Waals surface area contributed by atoms with Crippen molar-refractivity contribution >= 4 is 16.7 Å². The molecule has 1 aliphatic carbocycles. The van der Waals surface area contributed by atoms with Crippen LogP contribution in [0.1, 0.15) is 19.8 Å². The molecule has 0 radical (unpaired) electrons. The van der Waals surface area contributed by atoms with E-state index in [9.17, 15) is 0 Å². The molecule has 4 rings (SSSR count). The zero-order chi connectivity index (χ0) is 14.4. The quantitative estimate of drug-likeness (QED) is 0.797. The molecular formula is C15H16N6. The Labute approximate surface area is 122 Å². The summed E-state index contributed by atoms with van der Waals surface area (Å²) in [5.41, 5.74) is 1.92. The Kier molecular flexibility index (Phi) is 2.48. The Balaban J connectivity index is 1.88. The van der Waals surface area contributed by atoms with Gasteiger partial charge in [0.15, 0.2) is 5.82 Å². The van der Waals surface area contributed by atoms with E-state index in [0.29, 0.717) is 5.82 Å².